The van der Waals surface area contributed by atoms with Gasteiger partial charge in [-0.15, -0.1) is 0 Å². The quantitative estimate of drug-likeness (QED) is 0.646. The van der Waals surface area contributed by atoms with Crippen LogP contribution in [0.4, 0.5) is 0 Å². The predicted molar refractivity (Wildman–Crippen MR) is 65.2 cm³/mol. The second-order valence-electron chi connectivity index (χ2n) is 3.75. The summed E-state index contributed by atoms with van der Waals surface area (Å²) in [5, 5.41) is 0. The minimum Gasteiger partial charge on any atom is -0.479 e. The Labute approximate surface area is 92.7 Å². The molecule has 0 amide bonds. The van der Waals surface area contributed by atoms with Crippen molar-refractivity contribution in [1.29, 1.82) is 0 Å². The molecule has 1 aliphatic carbocycles. The van der Waals surface area contributed by atoms with Crippen molar-refractivity contribution < 1.29 is 4.74 Å². The molecule has 15 heavy (non-hydrogen) atoms. The van der Waals surface area contributed by atoms with Gasteiger partial charge in [-0.1, -0.05) is 39.0 Å². The second-order valence-corrected chi connectivity index (χ2v) is 3.75. The third kappa shape index (κ3) is 3.22. The maximum absolute atomic E-state index is 5.32. The molecule has 0 aromatic carbocycles. The van der Waals surface area contributed by atoms with E-state index < -0.39 is 0 Å². The molecule has 2 rings (SSSR count). The number of nitrogens with zero attached hydrogens (tertiary/aromatic N) is 1. The van der Waals surface area contributed by atoms with E-state index in [9.17, 15) is 0 Å². The Hall–Kier alpha value is -1.05. The molecule has 2 aliphatic rings. The minimum atomic E-state index is 0.253. The summed E-state index contributed by atoms with van der Waals surface area (Å²) in [6.45, 7) is 8.86. The zero-order valence-corrected chi connectivity index (χ0v) is 10.2. The van der Waals surface area contributed by atoms with Crippen molar-refractivity contribution in [2.75, 3.05) is 6.61 Å². The predicted octanol–water partition coefficient (Wildman–Crippen LogP) is 3.35. The van der Waals surface area contributed by atoms with Crippen molar-refractivity contribution in [3.05, 3.63) is 23.8 Å². The Morgan fingerprint density at radius 2 is 2.13 bits per heavy atom. The SMILES string of the molecule is CC.CC1=NC(C2=CCC(C)C=C2)CO1. The normalized spacial score (nSPS) is 28.5. The lowest BCUT2D eigenvalue weighted by Gasteiger charge is -2.13. The van der Waals surface area contributed by atoms with Crippen LogP contribution in [0.15, 0.2) is 28.8 Å². The first-order valence-electron chi connectivity index (χ1n) is 5.81. The fraction of sp³-hybridized carbons (Fsp3) is 0.615. The molecule has 2 nitrogen and oxygen atoms in total. The van der Waals surface area contributed by atoms with Crippen LogP contribution in [-0.4, -0.2) is 18.5 Å². The fourth-order valence-electron chi connectivity index (χ4n) is 1.66. The van der Waals surface area contributed by atoms with Crippen LogP contribution in [-0.2, 0) is 4.74 Å². The fourth-order valence-corrected chi connectivity index (χ4v) is 1.66. The summed E-state index contributed by atoms with van der Waals surface area (Å²) in [6.07, 6.45) is 7.85. The highest BCUT2D eigenvalue weighted by Gasteiger charge is 2.19. The first-order valence-corrected chi connectivity index (χ1v) is 5.81. The van der Waals surface area contributed by atoms with E-state index in [2.05, 4.69) is 30.1 Å². The lowest BCUT2D eigenvalue weighted by Crippen LogP contribution is -2.11. The average molecular weight is 207 g/mol. The number of aliphatic imine (C=N–C) groups is 1. The molecule has 0 aromatic rings. The van der Waals surface area contributed by atoms with E-state index in [1.807, 2.05) is 20.8 Å². The van der Waals surface area contributed by atoms with Crippen molar-refractivity contribution in [1.82, 2.24) is 0 Å². The van der Waals surface area contributed by atoms with Gasteiger partial charge in [0.25, 0.3) is 0 Å². The summed E-state index contributed by atoms with van der Waals surface area (Å²) in [5.41, 5.74) is 1.31. The number of allylic oxidation sites excluding steroid dienone is 2. The number of hydrogen-bond donors (Lipinski definition) is 0. The van der Waals surface area contributed by atoms with E-state index in [1.165, 1.54) is 5.57 Å². The summed E-state index contributed by atoms with van der Waals surface area (Å²) < 4.78 is 5.32. The van der Waals surface area contributed by atoms with Crippen LogP contribution < -0.4 is 0 Å². The molecule has 2 heteroatoms. The Balaban J connectivity index is 0.000000531. The van der Waals surface area contributed by atoms with Gasteiger partial charge in [0.05, 0.1) is 0 Å². The molecule has 2 atom stereocenters. The summed E-state index contributed by atoms with van der Waals surface area (Å²) in [5.74, 6) is 1.49. The number of hydrogen-bond acceptors (Lipinski definition) is 2. The van der Waals surface area contributed by atoms with E-state index in [1.54, 1.807) is 0 Å². The standard InChI is InChI=1S/C11H15NO.C2H6/c1-8-3-5-10(6-4-8)11-7-13-9(2)12-11;1-2/h3,5-6,8,11H,4,7H2,1-2H3;1-2H3. The Morgan fingerprint density at radius 3 is 2.60 bits per heavy atom. The maximum Gasteiger partial charge on any atom is 0.180 e. The van der Waals surface area contributed by atoms with Gasteiger partial charge < -0.3 is 4.74 Å². The van der Waals surface area contributed by atoms with Crippen molar-refractivity contribution in [2.45, 2.75) is 40.2 Å². The van der Waals surface area contributed by atoms with Crippen LogP contribution in [0.1, 0.15) is 34.1 Å². The van der Waals surface area contributed by atoms with Gasteiger partial charge in [0.1, 0.15) is 12.6 Å². The van der Waals surface area contributed by atoms with Gasteiger partial charge in [-0.3, -0.25) is 0 Å². The third-order valence-corrected chi connectivity index (χ3v) is 2.52. The number of ether oxygens (including phenoxy) is 1. The Kier molecular flexibility index (Phi) is 4.60. The highest BCUT2D eigenvalue weighted by atomic mass is 16.5. The lowest BCUT2D eigenvalue weighted by molar-refractivity contribution is 0.326. The molecule has 0 bridgehead atoms. The lowest BCUT2D eigenvalue weighted by atomic mass is 9.95. The molecule has 0 N–H and O–H groups in total. The van der Waals surface area contributed by atoms with Gasteiger partial charge in [-0.2, -0.15) is 0 Å². The van der Waals surface area contributed by atoms with Gasteiger partial charge in [-0.05, 0) is 17.9 Å². The van der Waals surface area contributed by atoms with Crippen LogP contribution in [0.2, 0.25) is 0 Å². The van der Waals surface area contributed by atoms with Gasteiger partial charge in [0.15, 0.2) is 5.90 Å². The molecule has 1 aliphatic heterocycles. The zero-order chi connectivity index (χ0) is 11.3. The Morgan fingerprint density at radius 1 is 1.40 bits per heavy atom. The molecule has 0 saturated heterocycles. The molecule has 0 aromatic heterocycles. The molecule has 0 radical (unpaired) electrons. The van der Waals surface area contributed by atoms with Crippen LogP contribution in [0.3, 0.4) is 0 Å². The molecule has 0 fully saturated rings. The summed E-state index contributed by atoms with van der Waals surface area (Å²) in [6, 6.07) is 0.253. The van der Waals surface area contributed by atoms with Crippen LogP contribution in [0, 0.1) is 5.92 Å². The van der Waals surface area contributed by atoms with Crippen LogP contribution in [0.25, 0.3) is 0 Å². The first-order chi connectivity index (χ1) is 7.25. The zero-order valence-electron chi connectivity index (χ0n) is 10.2. The third-order valence-electron chi connectivity index (χ3n) is 2.52. The average Bonchev–Trinajstić information content (AvgIpc) is 2.69. The maximum atomic E-state index is 5.32. The first kappa shape index (κ1) is 12.0. The molecule has 1 heterocycles. The summed E-state index contributed by atoms with van der Waals surface area (Å²) in [4.78, 5) is 4.41. The van der Waals surface area contributed by atoms with Gasteiger partial charge >= 0.3 is 0 Å². The molecule has 84 valence electrons. The van der Waals surface area contributed by atoms with Crippen LogP contribution >= 0.6 is 0 Å². The topological polar surface area (TPSA) is 21.6 Å². The minimum absolute atomic E-state index is 0.253. The summed E-state index contributed by atoms with van der Waals surface area (Å²) >= 11 is 0. The van der Waals surface area contributed by atoms with Crippen LogP contribution in [0.5, 0.6) is 0 Å². The monoisotopic (exact) mass is 207 g/mol. The Bertz CT molecular complexity index is 289. The molecule has 2 unspecified atom stereocenters. The van der Waals surface area contributed by atoms with E-state index in [-0.39, 0.29) is 6.04 Å². The molecule has 0 saturated carbocycles. The van der Waals surface area contributed by atoms with E-state index >= 15 is 0 Å². The van der Waals surface area contributed by atoms with E-state index in [4.69, 9.17) is 4.74 Å². The molecular formula is C13H21NO. The largest absolute Gasteiger partial charge is 0.479 e. The molecule has 0 spiro atoms. The summed E-state index contributed by atoms with van der Waals surface area (Å²) in [7, 11) is 0. The van der Waals surface area contributed by atoms with E-state index in [0.717, 1.165) is 18.9 Å². The van der Waals surface area contributed by atoms with Gasteiger partial charge in [0, 0.05) is 6.92 Å². The van der Waals surface area contributed by atoms with Gasteiger partial charge in [0.2, 0.25) is 0 Å². The molecular weight excluding hydrogens is 186 g/mol. The van der Waals surface area contributed by atoms with Crippen molar-refractivity contribution in [2.24, 2.45) is 10.9 Å². The van der Waals surface area contributed by atoms with Gasteiger partial charge in [-0.25, -0.2) is 4.99 Å². The smallest absolute Gasteiger partial charge is 0.180 e. The van der Waals surface area contributed by atoms with E-state index in [0.29, 0.717) is 5.92 Å². The second kappa shape index (κ2) is 5.74. The van der Waals surface area contributed by atoms with Crippen molar-refractivity contribution in [3.8, 4) is 0 Å². The van der Waals surface area contributed by atoms with Crippen molar-refractivity contribution in [3.63, 3.8) is 0 Å². The van der Waals surface area contributed by atoms with Crippen molar-refractivity contribution >= 4 is 5.90 Å². The highest BCUT2D eigenvalue weighted by molar-refractivity contribution is 5.75. The highest BCUT2D eigenvalue weighted by Crippen LogP contribution is 2.22. The number of rotatable bonds is 1.